The quantitative estimate of drug-likeness (QED) is 0.300. The largest absolute Gasteiger partial charge is 0.490 e. The summed E-state index contributed by atoms with van der Waals surface area (Å²) in [6, 6.07) is 5.37. The lowest BCUT2D eigenvalue weighted by atomic mass is 9.77. The Labute approximate surface area is 182 Å². The number of hydrogen-bond acceptors (Lipinski definition) is 1. The standard InChI is InChI=1S/C26H30F4O/c1-3-5-6-7-17-8-10-18(11-9-17)19-12-13-20(24(28)23(19)27)21-14-15-22(31-16-4-2)26(30)25(21)29/h3,5,12-15,17-18H,4,6-11,16H2,1-2H3. The molecule has 0 heterocycles. The van der Waals surface area contributed by atoms with Crippen molar-refractivity contribution in [2.75, 3.05) is 6.61 Å². The van der Waals surface area contributed by atoms with E-state index >= 15 is 0 Å². The highest BCUT2D eigenvalue weighted by Crippen LogP contribution is 2.41. The molecular weight excluding hydrogens is 404 g/mol. The first kappa shape index (κ1) is 23.4. The van der Waals surface area contributed by atoms with Gasteiger partial charge in [-0.05, 0) is 81.4 Å². The van der Waals surface area contributed by atoms with Gasteiger partial charge in [0.05, 0.1) is 6.61 Å². The minimum atomic E-state index is -1.23. The van der Waals surface area contributed by atoms with E-state index in [4.69, 9.17) is 4.74 Å². The van der Waals surface area contributed by atoms with Crippen LogP contribution in [0.1, 0.15) is 70.3 Å². The van der Waals surface area contributed by atoms with Crippen molar-refractivity contribution in [2.45, 2.75) is 64.7 Å². The Morgan fingerprint density at radius 2 is 1.52 bits per heavy atom. The fraction of sp³-hybridized carbons (Fsp3) is 0.462. The van der Waals surface area contributed by atoms with Crippen molar-refractivity contribution in [1.82, 2.24) is 0 Å². The number of rotatable bonds is 8. The number of halogens is 4. The van der Waals surface area contributed by atoms with Crippen LogP contribution in [0.25, 0.3) is 11.1 Å². The zero-order valence-electron chi connectivity index (χ0n) is 18.2. The molecule has 0 N–H and O–H groups in total. The van der Waals surface area contributed by atoms with Gasteiger partial charge < -0.3 is 4.74 Å². The van der Waals surface area contributed by atoms with Crippen molar-refractivity contribution < 1.29 is 22.3 Å². The molecule has 1 aliphatic rings. The molecule has 2 aromatic carbocycles. The molecular formula is C26H30F4O. The Balaban J connectivity index is 1.78. The fourth-order valence-electron chi connectivity index (χ4n) is 4.41. The molecule has 1 aliphatic carbocycles. The average molecular weight is 435 g/mol. The van der Waals surface area contributed by atoms with Gasteiger partial charge in [0, 0.05) is 11.1 Å². The summed E-state index contributed by atoms with van der Waals surface area (Å²) < 4.78 is 63.9. The minimum absolute atomic E-state index is 0.0482. The first-order valence-corrected chi connectivity index (χ1v) is 11.2. The van der Waals surface area contributed by atoms with Gasteiger partial charge >= 0.3 is 0 Å². The van der Waals surface area contributed by atoms with E-state index in [0.717, 1.165) is 38.5 Å². The van der Waals surface area contributed by atoms with Crippen LogP contribution in [0.3, 0.4) is 0 Å². The summed E-state index contributed by atoms with van der Waals surface area (Å²) in [5.74, 6) is -4.17. The molecule has 0 bridgehead atoms. The second-order valence-electron chi connectivity index (χ2n) is 8.28. The molecule has 1 nitrogen and oxygen atoms in total. The summed E-state index contributed by atoms with van der Waals surface area (Å²) in [7, 11) is 0. The molecule has 0 atom stereocenters. The van der Waals surface area contributed by atoms with E-state index in [2.05, 4.69) is 6.08 Å². The zero-order valence-corrected chi connectivity index (χ0v) is 18.2. The second-order valence-corrected chi connectivity index (χ2v) is 8.28. The molecule has 2 aromatic rings. The van der Waals surface area contributed by atoms with Crippen LogP contribution in [0.4, 0.5) is 17.6 Å². The number of ether oxygens (including phenoxy) is 1. The van der Waals surface area contributed by atoms with Gasteiger partial charge in [-0.1, -0.05) is 31.2 Å². The predicted octanol–water partition coefficient (Wildman–Crippen LogP) is 8.33. The summed E-state index contributed by atoms with van der Waals surface area (Å²) in [6.45, 7) is 4.09. The van der Waals surface area contributed by atoms with Gasteiger partial charge in [-0.25, -0.2) is 13.2 Å². The van der Waals surface area contributed by atoms with Gasteiger partial charge in [-0.3, -0.25) is 0 Å². The van der Waals surface area contributed by atoms with E-state index in [0.29, 0.717) is 17.9 Å². The van der Waals surface area contributed by atoms with Gasteiger partial charge in [0.1, 0.15) is 0 Å². The highest BCUT2D eigenvalue weighted by molar-refractivity contribution is 5.66. The highest BCUT2D eigenvalue weighted by atomic mass is 19.2. The lowest BCUT2D eigenvalue weighted by Crippen LogP contribution is -2.15. The third-order valence-corrected chi connectivity index (χ3v) is 6.17. The van der Waals surface area contributed by atoms with Crippen LogP contribution in [0.15, 0.2) is 36.4 Å². The van der Waals surface area contributed by atoms with Gasteiger partial charge in [-0.2, -0.15) is 4.39 Å². The highest BCUT2D eigenvalue weighted by Gasteiger charge is 2.27. The third-order valence-electron chi connectivity index (χ3n) is 6.17. The molecule has 0 aromatic heterocycles. The van der Waals surface area contributed by atoms with Crippen molar-refractivity contribution >= 4 is 0 Å². The summed E-state index contributed by atoms with van der Waals surface area (Å²) >= 11 is 0. The van der Waals surface area contributed by atoms with Gasteiger partial charge in [-0.15, -0.1) is 0 Å². The van der Waals surface area contributed by atoms with Crippen molar-refractivity contribution in [3.05, 3.63) is 65.2 Å². The topological polar surface area (TPSA) is 9.23 Å². The number of hydrogen-bond donors (Lipinski definition) is 0. The van der Waals surface area contributed by atoms with Crippen LogP contribution in [0.5, 0.6) is 5.75 Å². The molecule has 0 aliphatic heterocycles. The molecule has 3 rings (SSSR count). The van der Waals surface area contributed by atoms with Crippen molar-refractivity contribution in [3.63, 3.8) is 0 Å². The lowest BCUT2D eigenvalue weighted by Gasteiger charge is -2.29. The van der Waals surface area contributed by atoms with Gasteiger partial charge in [0.15, 0.2) is 23.2 Å². The maximum Gasteiger partial charge on any atom is 0.201 e. The molecule has 0 radical (unpaired) electrons. The predicted molar refractivity (Wildman–Crippen MR) is 116 cm³/mol. The maximum absolute atomic E-state index is 14.9. The monoisotopic (exact) mass is 434 g/mol. The summed E-state index contributed by atoms with van der Waals surface area (Å²) in [4.78, 5) is 0. The fourth-order valence-corrected chi connectivity index (χ4v) is 4.41. The molecule has 168 valence electrons. The second kappa shape index (κ2) is 10.8. The summed E-state index contributed by atoms with van der Waals surface area (Å²) in [5.41, 5.74) is -0.256. The van der Waals surface area contributed by atoms with Crippen molar-refractivity contribution in [3.8, 4) is 16.9 Å². The number of allylic oxidation sites excluding steroid dienone is 2. The molecule has 1 fully saturated rings. The van der Waals surface area contributed by atoms with Gasteiger partial charge in [0.2, 0.25) is 5.82 Å². The Kier molecular flexibility index (Phi) is 8.16. The van der Waals surface area contributed by atoms with Crippen LogP contribution in [0, 0.1) is 29.2 Å². The van der Waals surface area contributed by atoms with Crippen LogP contribution < -0.4 is 4.74 Å². The van der Waals surface area contributed by atoms with E-state index in [-0.39, 0.29) is 29.4 Å². The van der Waals surface area contributed by atoms with Crippen LogP contribution in [-0.2, 0) is 0 Å². The van der Waals surface area contributed by atoms with Crippen LogP contribution in [0.2, 0.25) is 0 Å². The number of benzene rings is 2. The van der Waals surface area contributed by atoms with Gasteiger partial charge in [0.25, 0.3) is 0 Å². The van der Waals surface area contributed by atoms with E-state index in [1.165, 1.54) is 24.3 Å². The Morgan fingerprint density at radius 3 is 2.16 bits per heavy atom. The first-order chi connectivity index (χ1) is 15.0. The zero-order chi connectivity index (χ0) is 22.4. The summed E-state index contributed by atoms with van der Waals surface area (Å²) in [5, 5.41) is 0. The van der Waals surface area contributed by atoms with Crippen molar-refractivity contribution in [2.24, 2.45) is 5.92 Å². The summed E-state index contributed by atoms with van der Waals surface area (Å²) in [6.07, 6.45) is 10.6. The molecule has 5 heteroatoms. The smallest absolute Gasteiger partial charge is 0.201 e. The minimum Gasteiger partial charge on any atom is -0.490 e. The van der Waals surface area contributed by atoms with Crippen molar-refractivity contribution in [1.29, 1.82) is 0 Å². The van der Waals surface area contributed by atoms with Crippen LogP contribution >= 0.6 is 0 Å². The molecule has 0 spiro atoms. The van der Waals surface area contributed by atoms with E-state index < -0.39 is 23.3 Å². The molecule has 1 saturated carbocycles. The van der Waals surface area contributed by atoms with E-state index in [1.54, 1.807) is 0 Å². The molecule has 31 heavy (non-hydrogen) atoms. The normalized spacial score (nSPS) is 19.2. The molecule has 0 unspecified atom stereocenters. The Hall–Kier alpha value is -2.30. The lowest BCUT2D eigenvalue weighted by molar-refractivity contribution is 0.295. The third kappa shape index (κ3) is 5.31. The average Bonchev–Trinajstić information content (AvgIpc) is 2.78. The van der Waals surface area contributed by atoms with E-state index in [1.807, 2.05) is 19.9 Å². The van der Waals surface area contributed by atoms with Crippen LogP contribution in [-0.4, -0.2) is 6.61 Å². The Morgan fingerprint density at radius 1 is 0.871 bits per heavy atom. The first-order valence-electron chi connectivity index (χ1n) is 11.2. The SMILES string of the molecule is CC=CCCC1CCC(c2ccc(-c3ccc(OCCC)c(F)c3F)c(F)c2F)CC1. The Bertz CT molecular complexity index is 914. The van der Waals surface area contributed by atoms with E-state index in [9.17, 15) is 17.6 Å². The molecule has 0 amide bonds. The molecule has 0 saturated heterocycles. The maximum atomic E-state index is 14.9.